The average molecular weight is 271 g/mol. The Kier molecular flexibility index (Phi) is 6.28. The van der Waals surface area contributed by atoms with Gasteiger partial charge in [0, 0.05) is 18.5 Å². The van der Waals surface area contributed by atoms with Crippen LogP contribution in [-0.4, -0.2) is 46.2 Å². The molecule has 0 radical (unpaired) electrons. The standard InChI is InChI=1S/C14H25NO4/c1-10(11(2)14(18)19)13(17)15(8-9-16)12-6-4-3-5-7-12/h10-12,16H,3-9H2,1-2H3,(H,18,19). The van der Waals surface area contributed by atoms with Crippen LogP contribution in [0.2, 0.25) is 0 Å². The van der Waals surface area contributed by atoms with Crippen LogP contribution in [0.15, 0.2) is 0 Å². The molecule has 0 aromatic carbocycles. The van der Waals surface area contributed by atoms with Crippen molar-refractivity contribution in [2.24, 2.45) is 11.8 Å². The summed E-state index contributed by atoms with van der Waals surface area (Å²) in [7, 11) is 0. The lowest BCUT2D eigenvalue weighted by molar-refractivity contribution is -0.150. The van der Waals surface area contributed by atoms with E-state index in [1.807, 2.05) is 0 Å². The van der Waals surface area contributed by atoms with Gasteiger partial charge in [0.15, 0.2) is 0 Å². The molecule has 1 fully saturated rings. The van der Waals surface area contributed by atoms with Crippen molar-refractivity contribution in [2.75, 3.05) is 13.2 Å². The third-order valence-electron chi connectivity index (χ3n) is 4.17. The maximum Gasteiger partial charge on any atom is 0.307 e. The second-order valence-corrected chi connectivity index (χ2v) is 5.46. The minimum absolute atomic E-state index is 0.0730. The van der Waals surface area contributed by atoms with Crippen molar-refractivity contribution in [1.29, 1.82) is 0 Å². The third kappa shape index (κ3) is 4.20. The summed E-state index contributed by atoms with van der Waals surface area (Å²) < 4.78 is 0. The Bertz CT molecular complexity index is 313. The molecule has 0 saturated heterocycles. The van der Waals surface area contributed by atoms with Gasteiger partial charge in [-0.2, -0.15) is 0 Å². The lowest BCUT2D eigenvalue weighted by Crippen LogP contribution is -2.47. The highest BCUT2D eigenvalue weighted by molar-refractivity contribution is 5.84. The summed E-state index contributed by atoms with van der Waals surface area (Å²) in [6, 6.07) is 0.164. The second-order valence-electron chi connectivity index (χ2n) is 5.46. The minimum atomic E-state index is -0.951. The summed E-state index contributed by atoms with van der Waals surface area (Å²) in [5.41, 5.74) is 0. The summed E-state index contributed by atoms with van der Waals surface area (Å²) in [5.74, 6) is -2.34. The van der Waals surface area contributed by atoms with Crippen molar-refractivity contribution in [1.82, 2.24) is 4.90 Å². The van der Waals surface area contributed by atoms with E-state index in [0.29, 0.717) is 6.54 Å². The Balaban J connectivity index is 2.73. The summed E-state index contributed by atoms with van der Waals surface area (Å²) in [6.07, 6.45) is 5.31. The molecule has 0 aliphatic heterocycles. The first-order chi connectivity index (χ1) is 8.99. The molecule has 2 N–H and O–H groups in total. The van der Waals surface area contributed by atoms with Gasteiger partial charge in [0.1, 0.15) is 0 Å². The Morgan fingerprint density at radius 1 is 1.16 bits per heavy atom. The fourth-order valence-corrected chi connectivity index (χ4v) is 2.66. The van der Waals surface area contributed by atoms with Gasteiger partial charge in [0.05, 0.1) is 12.5 Å². The van der Waals surface area contributed by atoms with Crippen LogP contribution in [0.5, 0.6) is 0 Å². The molecule has 1 aliphatic rings. The van der Waals surface area contributed by atoms with E-state index in [0.717, 1.165) is 25.7 Å². The molecule has 2 atom stereocenters. The molecule has 0 bridgehead atoms. The molecule has 5 nitrogen and oxygen atoms in total. The molecule has 5 heteroatoms. The van der Waals surface area contributed by atoms with Gasteiger partial charge in [-0.3, -0.25) is 9.59 Å². The summed E-state index contributed by atoms with van der Waals surface area (Å²) in [4.78, 5) is 25.1. The number of carboxylic acids is 1. The molecule has 1 rings (SSSR count). The summed E-state index contributed by atoms with van der Waals surface area (Å²) >= 11 is 0. The van der Waals surface area contributed by atoms with E-state index in [-0.39, 0.29) is 18.6 Å². The van der Waals surface area contributed by atoms with Crippen LogP contribution >= 0.6 is 0 Å². The van der Waals surface area contributed by atoms with Crippen LogP contribution in [0.25, 0.3) is 0 Å². The number of hydrogen-bond acceptors (Lipinski definition) is 3. The number of carboxylic acid groups (broad SMARTS) is 1. The Hall–Kier alpha value is -1.10. The third-order valence-corrected chi connectivity index (χ3v) is 4.17. The lowest BCUT2D eigenvalue weighted by atomic mass is 9.90. The van der Waals surface area contributed by atoms with Crippen molar-refractivity contribution < 1.29 is 19.8 Å². The highest BCUT2D eigenvalue weighted by atomic mass is 16.4. The van der Waals surface area contributed by atoms with E-state index in [1.54, 1.807) is 18.7 Å². The molecule has 2 unspecified atom stereocenters. The first-order valence-corrected chi connectivity index (χ1v) is 7.13. The Morgan fingerprint density at radius 2 is 1.74 bits per heavy atom. The van der Waals surface area contributed by atoms with Crippen LogP contribution in [0.1, 0.15) is 46.0 Å². The number of hydrogen-bond donors (Lipinski definition) is 2. The van der Waals surface area contributed by atoms with Gasteiger partial charge in [-0.1, -0.05) is 33.1 Å². The van der Waals surface area contributed by atoms with Gasteiger partial charge in [-0.05, 0) is 12.8 Å². The Morgan fingerprint density at radius 3 is 2.21 bits per heavy atom. The fraction of sp³-hybridized carbons (Fsp3) is 0.857. The van der Waals surface area contributed by atoms with Gasteiger partial charge in [0.25, 0.3) is 0 Å². The number of rotatable bonds is 6. The number of aliphatic carboxylic acids is 1. The maximum atomic E-state index is 12.4. The zero-order valence-electron chi connectivity index (χ0n) is 11.8. The smallest absolute Gasteiger partial charge is 0.307 e. The van der Waals surface area contributed by atoms with E-state index >= 15 is 0 Å². The molecule has 19 heavy (non-hydrogen) atoms. The number of nitrogens with zero attached hydrogens (tertiary/aromatic N) is 1. The SMILES string of the molecule is CC(C(=O)O)C(C)C(=O)N(CCO)C1CCCCC1. The molecular formula is C14H25NO4. The molecule has 0 heterocycles. The van der Waals surface area contributed by atoms with E-state index in [4.69, 9.17) is 10.2 Å². The molecule has 0 aromatic heterocycles. The molecule has 0 spiro atoms. The van der Waals surface area contributed by atoms with Gasteiger partial charge in [-0.15, -0.1) is 0 Å². The van der Waals surface area contributed by atoms with Crippen molar-refractivity contribution >= 4 is 11.9 Å². The van der Waals surface area contributed by atoms with Crippen LogP contribution in [-0.2, 0) is 9.59 Å². The number of carbonyl (C=O) groups excluding carboxylic acids is 1. The van der Waals surface area contributed by atoms with E-state index in [9.17, 15) is 9.59 Å². The zero-order valence-corrected chi connectivity index (χ0v) is 11.8. The predicted octanol–water partition coefficient (Wildman–Crippen LogP) is 1.50. The van der Waals surface area contributed by atoms with Gasteiger partial charge >= 0.3 is 5.97 Å². The molecule has 1 amide bonds. The first kappa shape index (κ1) is 16.0. The van der Waals surface area contributed by atoms with E-state index < -0.39 is 17.8 Å². The molecule has 0 aromatic rings. The minimum Gasteiger partial charge on any atom is -0.481 e. The highest BCUT2D eigenvalue weighted by Gasteiger charge is 2.32. The number of amides is 1. The van der Waals surface area contributed by atoms with Crippen molar-refractivity contribution in [3.8, 4) is 0 Å². The lowest BCUT2D eigenvalue weighted by Gasteiger charge is -2.36. The molecular weight excluding hydrogens is 246 g/mol. The summed E-state index contributed by atoms with van der Waals surface area (Å²) in [6.45, 7) is 3.45. The number of aliphatic hydroxyl groups excluding tert-OH is 1. The monoisotopic (exact) mass is 271 g/mol. The van der Waals surface area contributed by atoms with Gasteiger partial charge < -0.3 is 15.1 Å². The Labute approximate surface area is 114 Å². The average Bonchev–Trinajstić information content (AvgIpc) is 2.43. The second kappa shape index (κ2) is 7.48. The molecule has 1 aliphatic carbocycles. The largest absolute Gasteiger partial charge is 0.481 e. The summed E-state index contributed by atoms with van der Waals surface area (Å²) in [5, 5.41) is 18.1. The van der Waals surface area contributed by atoms with Crippen LogP contribution in [0.4, 0.5) is 0 Å². The topological polar surface area (TPSA) is 77.8 Å². The van der Waals surface area contributed by atoms with Gasteiger partial charge in [0.2, 0.25) is 5.91 Å². The fourth-order valence-electron chi connectivity index (χ4n) is 2.66. The predicted molar refractivity (Wildman–Crippen MR) is 71.6 cm³/mol. The van der Waals surface area contributed by atoms with Gasteiger partial charge in [-0.25, -0.2) is 0 Å². The van der Waals surface area contributed by atoms with Crippen LogP contribution in [0, 0.1) is 11.8 Å². The van der Waals surface area contributed by atoms with E-state index in [1.165, 1.54) is 6.42 Å². The van der Waals surface area contributed by atoms with Crippen LogP contribution < -0.4 is 0 Å². The van der Waals surface area contributed by atoms with E-state index in [2.05, 4.69) is 0 Å². The normalized spacial score (nSPS) is 19.7. The van der Waals surface area contributed by atoms with Crippen molar-refractivity contribution in [3.05, 3.63) is 0 Å². The maximum absolute atomic E-state index is 12.4. The van der Waals surface area contributed by atoms with Crippen molar-refractivity contribution in [2.45, 2.75) is 52.0 Å². The highest BCUT2D eigenvalue weighted by Crippen LogP contribution is 2.25. The molecule has 110 valence electrons. The number of carbonyl (C=O) groups is 2. The zero-order chi connectivity index (χ0) is 14.4. The molecule has 1 saturated carbocycles. The van der Waals surface area contributed by atoms with Crippen LogP contribution in [0.3, 0.4) is 0 Å². The quantitative estimate of drug-likeness (QED) is 0.767. The first-order valence-electron chi connectivity index (χ1n) is 7.13. The van der Waals surface area contributed by atoms with Crippen molar-refractivity contribution in [3.63, 3.8) is 0 Å². The number of aliphatic hydroxyl groups is 1.